The lowest BCUT2D eigenvalue weighted by atomic mass is 10.3. The summed E-state index contributed by atoms with van der Waals surface area (Å²) < 4.78 is 0. The zero-order valence-electron chi connectivity index (χ0n) is 5.90. The molecule has 56 valence electrons. The topological polar surface area (TPSA) is 56.0 Å². The second-order valence-corrected chi connectivity index (χ2v) is 2.01. The van der Waals surface area contributed by atoms with Crippen molar-refractivity contribution in [3.05, 3.63) is 30.1 Å². The lowest BCUT2D eigenvalue weighted by Crippen LogP contribution is -1.86. The molecule has 0 aliphatic carbocycles. The number of nitrogen functional groups attached to an aromatic ring is 1. The first kappa shape index (κ1) is 7.47. The fourth-order valence-corrected chi connectivity index (χ4v) is 0.695. The molecule has 0 amide bonds. The summed E-state index contributed by atoms with van der Waals surface area (Å²) in [6.07, 6.45) is 5.27. The third-order valence-electron chi connectivity index (χ3n) is 1.15. The van der Waals surface area contributed by atoms with Gasteiger partial charge in [-0.1, -0.05) is 0 Å². The minimum Gasteiger partial charge on any atom is -0.399 e. The van der Waals surface area contributed by atoms with Gasteiger partial charge in [0.1, 0.15) is 6.29 Å². The normalized spacial score (nSPS) is 10.2. The zero-order chi connectivity index (χ0) is 8.10. The number of rotatable bonds is 2. The van der Waals surface area contributed by atoms with Gasteiger partial charge in [-0.05, 0) is 24.3 Å². The Balaban J connectivity index is 2.87. The number of aldehydes is 1. The Morgan fingerprint density at radius 1 is 1.55 bits per heavy atom. The van der Waals surface area contributed by atoms with Crippen LogP contribution in [0.4, 0.5) is 5.69 Å². The van der Waals surface area contributed by atoms with E-state index in [4.69, 9.17) is 5.73 Å². The van der Waals surface area contributed by atoms with Gasteiger partial charge in [0.05, 0.1) is 5.69 Å². The van der Waals surface area contributed by atoms with E-state index in [9.17, 15) is 4.79 Å². The Morgan fingerprint density at radius 2 is 2.36 bits per heavy atom. The van der Waals surface area contributed by atoms with Crippen LogP contribution in [0.15, 0.2) is 24.4 Å². The number of hydrogen-bond acceptors (Lipinski definition) is 3. The molecular formula is C8H8N2O. The van der Waals surface area contributed by atoms with E-state index < -0.39 is 0 Å². The van der Waals surface area contributed by atoms with Crippen LogP contribution in [0.5, 0.6) is 0 Å². The molecular weight excluding hydrogens is 140 g/mol. The summed E-state index contributed by atoms with van der Waals surface area (Å²) in [6, 6.07) is 3.39. The first-order chi connectivity index (χ1) is 5.33. The minimum atomic E-state index is 0.644. The van der Waals surface area contributed by atoms with Gasteiger partial charge in [0.15, 0.2) is 0 Å². The Labute approximate surface area is 64.6 Å². The Kier molecular flexibility index (Phi) is 2.38. The first-order valence-electron chi connectivity index (χ1n) is 3.16. The second-order valence-electron chi connectivity index (χ2n) is 2.01. The van der Waals surface area contributed by atoms with Crippen LogP contribution in [0.25, 0.3) is 6.08 Å². The molecule has 0 aliphatic rings. The molecule has 1 rings (SSSR count). The summed E-state index contributed by atoms with van der Waals surface area (Å²) in [6.45, 7) is 0. The van der Waals surface area contributed by atoms with Crippen molar-refractivity contribution in [2.45, 2.75) is 0 Å². The molecule has 3 heteroatoms. The molecule has 11 heavy (non-hydrogen) atoms. The average molecular weight is 148 g/mol. The van der Waals surface area contributed by atoms with E-state index in [0.29, 0.717) is 17.7 Å². The molecule has 0 atom stereocenters. The molecule has 0 saturated heterocycles. The van der Waals surface area contributed by atoms with Gasteiger partial charge in [-0.15, -0.1) is 0 Å². The highest BCUT2D eigenvalue weighted by Crippen LogP contribution is 2.03. The maximum atomic E-state index is 9.92. The predicted octanol–water partition coefficient (Wildman–Crippen LogP) is 0.876. The molecule has 0 saturated carbocycles. The molecule has 1 aromatic heterocycles. The van der Waals surface area contributed by atoms with Crippen molar-refractivity contribution in [2.24, 2.45) is 0 Å². The van der Waals surface area contributed by atoms with Crippen molar-refractivity contribution in [3.8, 4) is 0 Å². The predicted molar refractivity (Wildman–Crippen MR) is 43.7 cm³/mol. The first-order valence-corrected chi connectivity index (χ1v) is 3.16. The molecule has 3 nitrogen and oxygen atoms in total. The van der Waals surface area contributed by atoms with Crippen molar-refractivity contribution in [1.29, 1.82) is 0 Å². The molecule has 0 unspecified atom stereocenters. The molecule has 1 heterocycles. The Morgan fingerprint density at radius 3 is 3.00 bits per heavy atom. The van der Waals surface area contributed by atoms with E-state index in [1.807, 2.05) is 0 Å². The van der Waals surface area contributed by atoms with Gasteiger partial charge in [0.2, 0.25) is 0 Å². The van der Waals surface area contributed by atoms with Crippen LogP contribution in [-0.4, -0.2) is 11.3 Å². The highest BCUT2D eigenvalue weighted by atomic mass is 16.1. The third-order valence-corrected chi connectivity index (χ3v) is 1.15. The number of nitrogens with zero attached hydrogens (tertiary/aromatic N) is 1. The lowest BCUT2D eigenvalue weighted by molar-refractivity contribution is -0.104. The van der Waals surface area contributed by atoms with Crippen molar-refractivity contribution >= 4 is 18.0 Å². The quantitative estimate of drug-likeness (QED) is 0.500. The Hall–Kier alpha value is -1.64. The summed E-state index contributed by atoms with van der Waals surface area (Å²) in [5.41, 5.74) is 6.80. The van der Waals surface area contributed by atoms with Crippen molar-refractivity contribution in [2.75, 3.05) is 5.73 Å². The van der Waals surface area contributed by atoms with Crippen LogP contribution in [0, 0.1) is 0 Å². The monoisotopic (exact) mass is 148 g/mol. The average Bonchev–Trinajstić information content (AvgIpc) is 2.01. The van der Waals surface area contributed by atoms with Gasteiger partial charge in [-0.2, -0.15) is 0 Å². The number of carbonyl (C=O) groups excluding carboxylic acids is 1. The van der Waals surface area contributed by atoms with Crippen molar-refractivity contribution in [3.63, 3.8) is 0 Å². The van der Waals surface area contributed by atoms with Gasteiger partial charge < -0.3 is 5.73 Å². The fraction of sp³-hybridized carbons (Fsp3) is 0. The van der Waals surface area contributed by atoms with Crippen LogP contribution in [0.1, 0.15) is 5.69 Å². The molecule has 1 aromatic rings. The number of aromatic nitrogens is 1. The van der Waals surface area contributed by atoms with Gasteiger partial charge in [-0.3, -0.25) is 9.78 Å². The molecule has 0 spiro atoms. The van der Waals surface area contributed by atoms with Gasteiger partial charge >= 0.3 is 0 Å². The molecule has 0 radical (unpaired) electrons. The van der Waals surface area contributed by atoms with Crippen LogP contribution in [0.2, 0.25) is 0 Å². The van der Waals surface area contributed by atoms with Crippen LogP contribution in [0.3, 0.4) is 0 Å². The van der Waals surface area contributed by atoms with Gasteiger partial charge in [-0.25, -0.2) is 0 Å². The smallest absolute Gasteiger partial charge is 0.142 e. The molecule has 2 N–H and O–H groups in total. The molecule has 0 aliphatic heterocycles. The fourth-order valence-electron chi connectivity index (χ4n) is 0.695. The number of nitrogens with two attached hydrogens (primary N) is 1. The van der Waals surface area contributed by atoms with E-state index in [2.05, 4.69) is 4.98 Å². The molecule has 0 fully saturated rings. The standard InChI is InChI=1S/C8H8N2O/c9-7-3-4-10-8(6-7)2-1-5-11/h1-6H,(H2,9,10). The number of anilines is 1. The van der Waals surface area contributed by atoms with Crippen LogP contribution >= 0.6 is 0 Å². The largest absolute Gasteiger partial charge is 0.399 e. The molecule has 0 aromatic carbocycles. The summed E-state index contributed by atoms with van der Waals surface area (Å²) in [4.78, 5) is 13.9. The Bertz CT molecular complexity index is 281. The third kappa shape index (κ3) is 2.21. The number of hydrogen-bond donors (Lipinski definition) is 1. The van der Waals surface area contributed by atoms with Crippen LogP contribution < -0.4 is 5.73 Å². The highest BCUT2D eigenvalue weighted by molar-refractivity contribution is 5.73. The SMILES string of the molecule is Nc1ccnc(C=CC=O)c1. The number of carbonyl (C=O) groups is 1. The summed E-state index contributed by atoms with van der Waals surface area (Å²) >= 11 is 0. The van der Waals surface area contributed by atoms with E-state index in [1.54, 1.807) is 24.4 Å². The minimum absolute atomic E-state index is 0.644. The van der Waals surface area contributed by atoms with E-state index in [0.717, 1.165) is 0 Å². The lowest BCUT2D eigenvalue weighted by Gasteiger charge is -1.92. The van der Waals surface area contributed by atoms with Crippen molar-refractivity contribution in [1.82, 2.24) is 4.98 Å². The van der Waals surface area contributed by atoms with Gasteiger partial charge in [0.25, 0.3) is 0 Å². The summed E-state index contributed by atoms with van der Waals surface area (Å²) in [7, 11) is 0. The van der Waals surface area contributed by atoms with Crippen molar-refractivity contribution < 1.29 is 4.79 Å². The second kappa shape index (κ2) is 3.51. The molecule has 0 bridgehead atoms. The maximum Gasteiger partial charge on any atom is 0.142 e. The zero-order valence-corrected chi connectivity index (χ0v) is 5.90. The number of pyridine rings is 1. The van der Waals surface area contributed by atoms with E-state index >= 15 is 0 Å². The number of allylic oxidation sites excluding steroid dienone is 1. The van der Waals surface area contributed by atoms with E-state index in [1.165, 1.54) is 6.08 Å². The summed E-state index contributed by atoms with van der Waals surface area (Å²) in [5.74, 6) is 0. The highest BCUT2D eigenvalue weighted by Gasteiger charge is 1.87. The summed E-state index contributed by atoms with van der Waals surface area (Å²) in [5, 5.41) is 0. The van der Waals surface area contributed by atoms with Crippen LogP contribution in [-0.2, 0) is 4.79 Å². The van der Waals surface area contributed by atoms with Gasteiger partial charge in [0, 0.05) is 11.9 Å². The van der Waals surface area contributed by atoms with E-state index in [-0.39, 0.29) is 0 Å². The maximum absolute atomic E-state index is 9.92.